The van der Waals surface area contributed by atoms with Gasteiger partial charge in [0.05, 0.1) is 28.1 Å². The van der Waals surface area contributed by atoms with E-state index >= 15 is 0 Å². The van der Waals surface area contributed by atoms with Gasteiger partial charge in [0.1, 0.15) is 0 Å². The van der Waals surface area contributed by atoms with E-state index in [1.807, 2.05) is 0 Å². The minimum Gasteiger partial charge on any atom is -0.309 e. The molecule has 1 heterocycles. The van der Waals surface area contributed by atoms with Crippen LogP contribution in [0.3, 0.4) is 0 Å². The maximum atomic E-state index is 2.48. The lowest BCUT2D eigenvalue weighted by atomic mass is 9.96. The largest absolute Gasteiger partial charge is 0.309 e. The second-order valence-corrected chi connectivity index (χ2v) is 14.9. The van der Waals surface area contributed by atoms with Gasteiger partial charge in [-0.3, -0.25) is 0 Å². The summed E-state index contributed by atoms with van der Waals surface area (Å²) < 4.78 is 2.48. The molecular weight excluding hydrogens is 701 g/mol. The maximum absolute atomic E-state index is 2.48. The predicted molar refractivity (Wildman–Crippen MR) is 247 cm³/mol. The Morgan fingerprint density at radius 1 is 0.293 bits per heavy atom. The molecule has 272 valence electrons. The highest BCUT2D eigenvalue weighted by atomic mass is 15.1. The van der Waals surface area contributed by atoms with Gasteiger partial charge in [0.2, 0.25) is 0 Å². The molecule has 0 atom stereocenters. The molecule has 2 nitrogen and oxygen atoms in total. The zero-order valence-corrected chi connectivity index (χ0v) is 31.8. The standard InChI is InChI=1S/C56H38N2/c1-3-17-39(18-4-1)43-33-35-47(41-19-5-2-6-20-41)55(37-43)57(52-32-16-24-42-22-8-10-26-46(42)52)44-34-36-51-50-28-12-14-31-54(50)58(56(51)38-44)53-30-13-11-27-49(53)48-29-15-23-40-21-7-9-25-45(40)48/h1-38H. The smallest absolute Gasteiger partial charge is 0.0562 e. The molecule has 0 aliphatic rings. The summed E-state index contributed by atoms with van der Waals surface area (Å²) in [5.41, 5.74) is 13.9. The summed E-state index contributed by atoms with van der Waals surface area (Å²) in [6.07, 6.45) is 0. The number of hydrogen-bond donors (Lipinski definition) is 0. The SMILES string of the molecule is c1ccc(-c2ccc(-c3ccccc3)c(N(c3ccc4c5ccccc5n(-c5ccccc5-c5cccc6ccccc56)c4c3)c3cccc4ccccc34)c2)cc1. The lowest BCUT2D eigenvalue weighted by Crippen LogP contribution is -2.12. The van der Waals surface area contributed by atoms with Crippen LogP contribution in [0.5, 0.6) is 0 Å². The van der Waals surface area contributed by atoms with Crippen molar-refractivity contribution in [3.05, 3.63) is 231 Å². The molecule has 2 heteroatoms. The van der Waals surface area contributed by atoms with Crippen molar-refractivity contribution in [2.24, 2.45) is 0 Å². The zero-order valence-electron chi connectivity index (χ0n) is 31.8. The number of para-hydroxylation sites is 2. The summed E-state index contributed by atoms with van der Waals surface area (Å²) in [5.74, 6) is 0. The van der Waals surface area contributed by atoms with Gasteiger partial charge in [0, 0.05) is 33.0 Å². The normalized spacial score (nSPS) is 11.4. The predicted octanol–water partition coefficient (Wildman–Crippen LogP) is 15.6. The van der Waals surface area contributed by atoms with Crippen molar-refractivity contribution in [2.75, 3.05) is 4.90 Å². The Bertz CT molecular complexity index is 3280. The molecule has 0 aliphatic heterocycles. The second-order valence-electron chi connectivity index (χ2n) is 14.9. The molecule has 0 fully saturated rings. The van der Waals surface area contributed by atoms with Gasteiger partial charge < -0.3 is 9.47 Å². The monoisotopic (exact) mass is 738 g/mol. The van der Waals surface area contributed by atoms with E-state index in [9.17, 15) is 0 Å². The first-order valence-electron chi connectivity index (χ1n) is 19.9. The third-order valence-electron chi connectivity index (χ3n) is 11.6. The summed E-state index contributed by atoms with van der Waals surface area (Å²) in [4.78, 5) is 2.48. The molecule has 0 bridgehead atoms. The summed E-state index contributed by atoms with van der Waals surface area (Å²) in [6.45, 7) is 0. The molecule has 10 aromatic carbocycles. The van der Waals surface area contributed by atoms with Crippen molar-refractivity contribution < 1.29 is 0 Å². The third kappa shape index (κ3) is 5.66. The molecule has 11 rings (SSSR count). The number of fused-ring (bicyclic) bond motifs is 5. The Balaban J connectivity index is 1.22. The van der Waals surface area contributed by atoms with Gasteiger partial charge in [-0.05, 0) is 74.8 Å². The fraction of sp³-hybridized carbons (Fsp3) is 0. The quantitative estimate of drug-likeness (QED) is 0.158. The van der Waals surface area contributed by atoms with Crippen molar-refractivity contribution in [3.8, 4) is 39.1 Å². The van der Waals surface area contributed by atoms with Gasteiger partial charge in [-0.15, -0.1) is 0 Å². The molecular formula is C56H38N2. The average molecular weight is 739 g/mol. The van der Waals surface area contributed by atoms with Crippen LogP contribution in [0.2, 0.25) is 0 Å². The number of aromatic nitrogens is 1. The van der Waals surface area contributed by atoms with Gasteiger partial charge in [0.15, 0.2) is 0 Å². The van der Waals surface area contributed by atoms with E-state index in [4.69, 9.17) is 0 Å². The highest BCUT2D eigenvalue weighted by molar-refractivity contribution is 6.12. The first-order valence-corrected chi connectivity index (χ1v) is 19.9. The van der Waals surface area contributed by atoms with Crippen LogP contribution >= 0.6 is 0 Å². The molecule has 11 aromatic rings. The lowest BCUT2D eigenvalue weighted by molar-refractivity contribution is 1.18. The van der Waals surface area contributed by atoms with E-state index in [0.717, 1.165) is 33.8 Å². The van der Waals surface area contributed by atoms with E-state index in [0.29, 0.717) is 0 Å². The summed E-state index contributed by atoms with van der Waals surface area (Å²) in [7, 11) is 0. The van der Waals surface area contributed by atoms with Crippen LogP contribution in [-0.2, 0) is 0 Å². The van der Waals surface area contributed by atoms with E-state index in [1.165, 1.54) is 65.7 Å². The molecule has 0 unspecified atom stereocenters. The lowest BCUT2D eigenvalue weighted by Gasteiger charge is -2.30. The maximum Gasteiger partial charge on any atom is 0.0562 e. The molecule has 0 aliphatic carbocycles. The Labute approximate surface area is 338 Å². The Morgan fingerprint density at radius 2 is 0.879 bits per heavy atom. The van der Waals surface area contributed by atoms with Crippen LogP contribution in [0.1, 0.15) is 0 Å². The number of hydrogen-bond acceptors (Lipinski definition) is 1. The fourth-order valence-corrected chi connectivity index (χ4v) is 8.91. The van der Waals surface area contributed by atoms with Gasteiger partial charge in [-0.25, -0.2) is 0 Å². The van der Waals surface area contributed by atoms with Crippen LogP contribution in [0.15, 0.2) is 231 Å². The van der Waals surface area contributed by atoms with Gasteiger partial charge >= 0.3 is 0 Å². The van der Waals surface area contributed by atoms with Crippen LogP contribution in [0.25, 0.3) is 82.4 Å². The van der Waals surface area contributed by atoms with Crippen LogP contribution in [0, 0.1) is 0 Å². The molecule has 0 saturated carbocycles. The topological polar surface area (TPSA) is 8.17 Å². The summed E-state index contributed by atoms with van der Waals surface area (Å²) in [5, 5.41) is 7.31. The van der Waals surface area contributed by atoms with Crippen molar-refractivity contribution in [1.82, 2.24) is 4.57 Å². The second kappa shape index (κ2) is 14.1. The molecule has 1 aromatic heterocycles. The van der Waals surface area contributed by atoms with E-state index in [1.54, 1.807) is 0 Å². The molecule has 0 radical (unpaired) electrons. The highest BCUT2D eigenvalue weighted by Crippen LogP contribution is 2.47. The van der Waals surface area contributed by atoms with Crippen LogP contribution < -0.4 is 4.90 Å². The number of anilines is 3. The Hall–Kier alpha value is -7.68. The molecule has 58 heavy (non-hydrogen) atoms. The van der Waals surface area contributed by atoms with Crippen molar-refractivity contribution >= 4 is 60.4 Å². The van der Waals surface area contributed by atoms with Gasteiger partial charge in [-0.1, -0.05) is 194 Å². The highest BCUT2D eigenvalue weighted by Gasteiger charge is 2.23. The number of nitrogens with zero attached hydrogens (tertiary/aromatic N) is 2. The van der Waals surface area contributed by atoms with Crippen molar-refractivity contribution in [1.29, 1.82) is 0 Å². The summed E-state index contributed by atoms with van der Waals surface area (Å²) >= 11 is 0. The van der Waals surface area contributed by atoms with Gasteiger partial charge in [0.25, 0.3) is 0 Å². The van der Waals surface area contributed by atoms with Gasteiger partial charge in [-0.2, -0.15) is 0 Å². The van der Waals surface area contributed by atoms with Crippen LogP contribution in [0.4, 0.5) is 17.1 Å². The van der Waals surface area contributed by atoms with E-state index in [-0.39, 0.29) is 0 Å². The average Bonchev–Trinajstić information content (AvgIpc) is 3.63. The first kappa shape index (κ1) is 33.6. The number of rotatable bonds is 7. The molecule has 0 saturated heterocycles. The van der Waals surface area contributed by atoms with Crippen molar-refractivity contribution in [2.45, 2.75) is 0 Å². The zero-order chi connectivity index (χ0) is 38.4. The number of benzene rings is 10. The minimum atomic E-state index is 1.08. The first-order chi connectivity index (χ1) is 28.8. The summed E-state index contributed by atoms with van der Waals surface area (Å²) in [6, 6.07) is 83.8. The third-order valence-corrected chi connectivity index (χ3v) is 11.6. The molecule has 0 N–H and O–H groups in total. The van der Waals surface area contributed by atoms with E-state index < -0.39 is 0 Å². The van der Waals surface area contributed by atoms with E-state index in [2.05, 4.69) is 240 Å². The van der Waals surface area contributed by atoms with Crippen LogP contribution in [-0.4, -0.2) is 4.57 Å². The minimum absolute atomic E-state index is 1.08. The fourth-order valence-electron chi connectivity index (χ4n) is 8.91. The molecule has 0 spiro atoms. The van der Waals surface area contributed by atoms with Crippen molar-refractivity contribution in [3.63, 3.8) is 0 Å². The Morgan fingerprint density at radius 3 is 1.69 bits per heavy atom. The molecule has 0 amide bonds. The Kier molecular flexibility index (Phi) is 8.19.